The number of halogens is 1. The summed E-state index contributed by atoms with van der Waals surface area (Å²) in [7, 11) is 2.20. The van der Waals surface area contributed by atoms with Gasteiger partial charge in [-0.15, -0.1) is 0 Å². The van der Waals surface area contributed by atoms with E-state index in [9.17, 15) is 0 Å². The number of fused-ring (bicyclic) bond motifs is 2. The highest BCUT2D eigenvalue weighted by molar-refractivity contribution is 6.31. The molecule has 0 aromatic carbocycles. The van der Waals surface area contributed by atoms with Crippen LogP contribution < -0.4 is 0 Å². The van der Waals surface area contributed by atoms with Crippen molar-refractivity contribution >= 4 is 11.6 Å². The van der Waals surface area contributed by atoms with Gasteiger partial charge in [-0.05, 0) is 48.8 Å². The number of ether oxygens (including phenoxy) is 2. The fourth-order valence-corrected chi connectivity index (χ4v) is 4.14. The molecule has 2 aliphatic heterocycles. The molecule has 0 saturated carbocycles. The van der Waals surface area contributed by atoms with E-state index < -0.39 is 0 Å². The van der Waals surface area contributed by atoms with Gasteiger partial charge in [-0.1, -0.05) is 35.9 Å². The van der Waals surface area contributed by atoms with Gasteiger partial charge in [0.1, 0.15) is 6.10 Å². The van der Waals surface area contributed by atoms with Crippen molar-refractivity contribution in [2.75, 3.05) is 46.6 Å². The minimum atomic E-state index is -0.159. The van der Waals surface area contributed by atoms with Crippen LogP contribution in [0.15, 0.2) is 70.0 Å². The number of likely N-dealkylation sites (N-methyl/N-ethyl adjacent to an activating group) is 1. The fourth-order valence-electron chi connectivity index (χ4n) is 3.97. The minimum absolute atomic E-state index is 0.159. The van der Waals surface area contributed by atoms with Gasteiger partial charge in [0.2, 0.25) is 0 Å². The van der Waals surface area contributed by atoms with Crippen LogP contribution in [0.2, 0.25) is 0 Å². The van der Waals surface area contributed by atoms with Gasteiger partial charge in [-0.3, -0.25) is 0 Å². The Morgan fingerprint density at radius 2 is 2.04 bits per heavy atom. The maximum atomic E-state index is 6.20. The molecule has 2 aliphatic carbocycles. The molecule has 27 heavy (non-hydrogen) atoms. The number of hydrogen-bond donors (Lipinski definition) is 0. The average Bonchev–Trinajstić information content (AvgIpc) is 2.66. The Kier molecular flexibility index (Phi) is 5.98. The van der Waals surface area contributed by atoms with Crippen molar-refractivity contribution in [3.05, 3.63) is 70.0 Å². The molecule has 0 amide bonds. The lowest BCUT2D eigenvalue weighted by atomic mass is 9.83. The second-order valence-corrected chi connectivity index (χ2v) is 7.87. The summed E-state index contributed by atoms with van der Waals surface area (Å²) in [6, 6.07) is 0. The molecule has 4 rings (SSSR count). The third kappa shape index (κ3) is 4.46. The number of rotatable bonds is 3. The van der Waals surface area contributed by atoms with Gasteiger partial charge >= 0.3 is 0 Å². The van der Waals surface area contributed by atoms with Crippen LogP contribution in [0.4, 0.5) is 0 Å². The van der Waals surface area contributed by atoms with Crippen molar-refractivity contribution < 1.29 is 9.47 Å². The zero-order valence-corrected chi connectivity index (χ0v) is 16.6. The van der Waals surface area contributed by atoms with E-state index >= 15 is 0 Å². The molecule has 1 saturated heterocycles. The molecule has 4 aliphatic rings. The molecule has 0 N–H and O–H groups in total. The van der Waals surface area contributed by atoms with Gasteiger partial charge in [0.15, 0.2) is 6.79 Å². The van der Waals surface area contributed by atoms with E-state index in [4.69, 9.17) is 21.1 Å². The number of piperazine rings is 1. The van der Waals surface area contributed by atoms with Crippen LogP contribution in [0.1, 0.15) is 12.8 Å². The van der Waals surface area contributed by atoms with Crippen LogP contribution >= 0.6 is 11.6 Å². The molecule has 0 bridgehead atoms. The molecular weight excluding hydrogens is 360 g/mol. The fraction of sp³-hybridized carbons (Fsp3) is 0.455. The Hall–Kier alpha value is -1.59. The van der Waals surface area contributed by atoms with Gasteiger partial charge in [0.05, 0.1) is 6.26 Å². The largest absolute Gasteiger partial charge is 0.474 e. The first kappa shape index (κ1) is 18.8. The normalized spacial score (nSPS) is 28.1. The molecule has 0 radical (unpaired) electrons. The van der Waals surface area contributed by atoms with E-state index in [0.717, 1.165) is 51.1 Å². The maximum absolute atomic E-state index is 6.20. The van der Waals surface area contributed by atoms with Crippen LogP contribution in [0.3, 0.4) is 0 Å². The predicted molar refractivity (Wildman–Crippen MR) is 109 cm³/mol. The Morgan fingerprint density at radius 3 is 2.89 bits per heavy atom. The highest BCUT2D eigenvalue weighted by atomic mass is 35.5. The molecule has 1 fully saturated rings. The zero-order valence-electron chi connectivity index (χ0n) is 15.9. The van der Waals surface area contributed by atoms with Crippen LogP contribution in [0.25, 0.3) is 0 Å². The van der Waals surface area contributed by atoms with Crippen LogP contribution in [-0.4, -0.2) is 62.5 Å². The molecule has 0 aromatic heterocycles. The van der Waals surface area contributed by atoms with E-state index in [-0.39, 0.29) is 12.9 Å². The van der Waals surface area contributed by atoms with E-state index in [1.54, 1.807) is 0 Å². The summed E-state index contributed by atoms with van der Waals surface area (Å²) in [5, 5.41) is 0.711. The van der Waals surface area contributed by atoms with Gasteiger partial charge < -0.3 is 19.3 Å². The predicted octanol–water partition coefficient (Wildman–Crippen LogP) is 3.76. The summed E-state index contributed by atoms with van der Waals surface area (Å²) in [5.74, 6) is 0. The highest BCUT2D eigenvalue weighted by Gasteiger charge is 2.25. The van der Waals surface area contributed by atoms with Crippen molar-refractivity contribution in [2.45, 2.75) is 18.9 Å². The summed E-state index contributed by atoms with van der Waals surface area (Å²) in [4.78, 5) is 4.95. The zero-order chi connectivity index (χ0) is 18.6. The highest BCUT2D eigenvalue weighted by Crippen LogP contribution is 2.37. The van der Waals surface area contributed by atoms with Gasteiger partial charge in [-0.25, -0.2) is 0 Å². The van der Waals surface area contributed by atoms with E-state index in [1.807, 2.05) is 18.4 Å². The molecule has 1 atom stereocenters. The summed E-state index contributed by atoms with van der Waals surface area (Å²) >= 11 is 6.20. The molecule has 5 heteroatoms. The quantitative estimate of drug-likeness (QED) is 0.737. The number of nitrogens with zero attached hydrogens (tertiary/aromatic N) is 2. The van der Waals surface area contributed by atoms with Gasteiger partial charge in [0, 0.05) is 43.3 Å². The first-order chi connectivity index (χ1) is 13.2. The van der Waals surface area contributed by atoms with Gasteiger partial charge in [-0.2, -0.15) is 0 Å². The number of hydrogen-bond acceptors (Lipinski definition) is 4. The standard InChI is InChI=1S/C22H27ClN2O2/c1-24-10-12-25(13-11-24)9-3-6-17-4-2-5-18-15-26-16-27-21-14-19(23)7-8-20(21)22(17)18/h2,5-8,14-15,21H,3-4,9-13,16H2,1H3. The van der Waals surface area contributed by atoms with E-state index in [1.165, 1.54) is 16.7 Å². The van der Waals surface area contributed by atoms with Crippen molar-refractivity contribution in [1.29, 1.82) is 0 Å². The molecule has 4 nitrogen and oxygen atoms in total. The molecule has 144 valence electrons. The van der Waals surface area contributed by atoms with Crippen LogP contribution in [0.5, 0.6) is 0 Å². The third-order valence-corrected chi connectivity index (χ3v) is 5.78. The van der Waals surface area contributed by atoms with E-state index in [0.29, 0.717) is 5.03 Å². The molecule has 0 spiro atoms. The topological polar surface area (TPSA) is 24.9 Å². The van der Waals surface area contributed by atoms with Crippen molar-refractivity contribution in [3.63, 3.8) is 0 Å². The molecular formula is C22H27ClN2O2. The lowest BCUT2D eigenvalue weighted by Gasteiger charge is -2.32. The summed E-state index contributed by atoms with van der Waals surface area (Å²) in [6.07, 6.45) is 16.4. The molecule has 1 unspecified atom stereocenters. The SMILES string of the molecule is CN1CCN(CCC=C2CC=CC3=COCOC4C=C(Cl)C=CC4=C32)CC1. The first-order valence-electron chi connectivity index (χ1n) is 9.71. The summed E-state index contributed by atoms with van der Waals surface area (Å²) in [6.45, 7) is 5.99. The monoisotopic (exact) mass is 386 g/mol. The Morgan fingerprint density at radius 1 is 1.19 bits per heavy atom. The van der Waals surface area contributed by atoms with Crippen molar-refractivity contribution in [2.24, 2.45) is 0 Å². The minimum Gasteiger partial charge on any atom is -0.474 e. The van der Waals surface area contributed by atoms with Crippen molar-refractivity contribution in [1.82, 2.24) is 9.80 Å². The average molecular weight is 387 g/mol. The lowest BCUT2D eigenvalue weighted by Crippen LogP contribution is -2.44. The maximum Gasteiger partial charge on any atom is 0.189 e. The lowest BCUT2D eigenvalue weighted by molar-refractivity contribution is -0.0280. The van der Waals surface area contributed by atoms with Crippen LogP contribution in [-0.2, 0) is 9.47 Å². The van der Waals surface area contributed by atoms with E-state index in [2.05, 4.69) is 41.2 Å². The second kappa shape index (κ2) is 8.61. The van der Waals surface area contributed by atoms with Crippen molar-refractivity contribution in [3.8, 4) is 0 Å². The summed E-state index contributed by atoms with van der Waals surface area (Å²) < 4.78 is 11.4. The van der Waals surface area contributed by atoms with Gasteiger partial charge in [0.25, 0.3) is 0 Å². The Labute approximate surface area is 166 Å². The first-order valence-corrected chi connectivity index (χ1v) is 10.1. The second-order valence-electron chi connectivity index (χ2n) is 7.43. The molecule has 2 heterocycles. The Balaban J connectivity index is 1.56. The molecule has 0 aromatic rings. The summed E-state index contributed by atoms with van der Waals surface area (Å²) in [5.41, 5.74) is 4.87. The smallest absolute Gasteiger partial charge is 0.189 e. The number of allylic oxidation sites excluding steroid dienone is 7. The Bertz CT molecular complexity index is 752. The van der Waals surface area contributed by atoms with Crippen LogP contribution in [0, 0.1) is 0 Å². The third-order valence-electron chi connectivity index (χ3n) is 5.53.